The highest BCUT2D eigenvalue weighted by molar-refractivity contribution is 5.96. The van der Waals surface area contributed by atoms with Crippen LogP contribution in [-0.2, 0) is 0 Å². The molecule has 3 aromatic rings. The van der Waals surface area contributed by atoms with Crippen LogP contribution in [0, 0.1) is 10.1 Å². The number of nitro benzene ring substituents is 1. The normalized spacial score (nSPS) is 11.3. The minimum Gasteiger partial charge on any atom is -0.370 e. The Bertz CT molecular complexity index is 1160. The summed E-state index contributed by atoms with van der Waals surface area (Å²) in [5.41, 5.74) is 16.1. The number of H-pyrrole nitrogens is 1. The van der Waals surface area contributed by atoms with Gasteiger partial charge in [-0.1, -0.05) is 24.3 Å². The lowest BCUT2D eigenvalue weighted by atomic mass is 10.0. The molecule has 0 spiro atoms. The Kier molecular flexibility index (Phi) is 4.49. The number of hydrogen-bond donors (Lipinski definition) is 4. The van der Waals surface area contributed by atoms with E-state index in [2.05, 4.69) is 20.2 Å². The zero-order valence-electron chi connectivity index (χ0n) is 13.8. The molecule has 11 heteroatoms. The number of nitrogens with zero attached hydrogens (tertiary/aromatic N) is 4. The van der Waals surface area contributed by atoms with E-state index in [1.54, 1.807) is 30.3 Å². The molecule has 0 aliphatic rings. The monoisotopic (exact) mass is 366 g/mol. The minimum atomic E-state index is -0.612. The molecule has 0 saturated heterocycles. The van der Waals surface area contributed by atoms with Crippen LogP contribution in [-0.4, -0.2) is 27.0 Å². The van der Waals surface area contributed by atoms with E-state index in [0.717, 1.165) is 0 Å². The summed E-state index contributed by atoms with van der Waals surface area (Å²) in [6, 6.07) is 11.1. The van der Waals surface area contributed by atoms with E-state index in [9.17, 15) is 14.9 Å². The Balaban J connectivity index is 2.19. The van der Waals surface area contributed by atoms with Gasteiger partial charge in [-0.15, -0.1) is 0 Å². The molecule has 11 nitrogen and oxygen atoms in total. The van der Waals surface area contributed by atoms with Crippen molar-refractivity contribution in [3.63, 3.8) is 0 Å². The summed E-state index contributed by atoms with van der Waals surface area (Å²) in [7, 11) is 0. The third-order valence-electron chi connectivity index (χ3n) is 3.62. The predicted molar refractivity (Wildman–Crippen MR) is 102 cm³/mol. The van der Waals surface area contributed by atoms with Gasteiger partial charge in [0, 0.05) is 17.0 Å². The zero-order valence-corrected chi connectivity index (χ0v) is 13.8. The van der Waals surface area contributed by atoms with Crippen LogP contribution in [0.25, 0.3) is 22.0 Å². The Morgan fingerprint density at radius 1 is 1.11 bits per heavy atom. The molecule has 3 rings (SSSR count). The Labute approximate surface area is 151 Å². The van der Waals surface area contributed by atoms with Crippen molar-refractivity contribution < 1.29 is 4.92 Å². The summed E-state index contributed by atoms with van der Waals surface area (Å²) in [5.74, 6) is -0.641. The highest BCUT2D eigenvalue weighted by atomic mass is 16.6. The van der Waals surface area contributed by atoms with Crippen molar-refractivity contribution in [3.05, 3.63) is 62.9 Å². The molecule has 0 radical (unpaired) electrons. The van der Waals surface area contributed by atoms with Crippen LogP contribution < -0.4 is 22.8 Å². The van der Waals surface area contributed by atoms with Crippen molar-refractivity contribution in [2.75, 3.05) is 0 Å². The molecule has 0 bridgehead atoms. The summed E-state index contributed by atoms with van der Waals surface area (Å²) in [6.07, 6.45) is 0. The number of nitrogens with one attached hydrogen (secondary N) is 1. The van der Waals surface area contributed by atoms with Gasteiger partial charge in [0.15, 0.2) is 5.96 Å². The number of benzene rings is 2. The molecule has 0 aliphatic carbocycles. The molecule has 0 atom stereocenters. The standard InChI is InChI=1S/C16H14N8O3/c17-15(18)21-16(19)20-11-6-5-8(7-12(11)24(26)27)13-9-3-1-2-4-10(9)14(25)23-22-13/h1-7H,(H,23,25)(H6,17,18,19,20,21). The van der Waals surface area contributed by atoms with Gasteiger partial charge in [-0.25, -0.2) is 10.1 Å². The van der Waals surface area contributed by atoms with Crippen LogP contribution in [0.4, 0.5) is 11.4 Å². The fourth-order valence-corrected chi connectivity index (χ4v) is 2.53. The Morgan fingerprint density at radius 3 is 2.48 bits per heavy atom. The average Bonchev–Trinajstić information content (AvgIpc) is 2.62. The lowest BCUT2D eigenvalue weighted by molar-refractivity contribution is -0.384. The van der Waals surface area contributed by atoms with Gasteiger partial charge < -0.3 is 17.2 Å². The molecule has 0 unspecified atom stereocenters. The summed E-state index contributed by atoms with van der Waals surface area (Å²) >= 11 is 0. The van der Waals surface area contributed by atoms with Crippen LogP contribution >= 0.6 is 0 Å². The number of nitro groups is 1. The molecule has 136 valence electrons. The van der Waals surface area contributed by atoms with Crippen LogP contribution in [0.15, 0.2) is 57.2 Å². The summed E-state index contributed by atoms with van der Waals surface area (Å²) in [4.78, 5) is 30.1. The molecule has 7 N–H and O–H groups in total. The van der Waals surface area contributed by atoms with Crippen LogP contribution in [0.5, 0.6) is 0 Å². The van der Waals surface area contributed by atoms with E-state index in [4.69, 9.17) is 17.2 Å². The van der Waals surface area contributed by atoms with Gasteiger partial charge in [-0.3, -0.25) is 14.9 Å². The van der Waals surface area contributed by atoms with Gasteiger partial charge >= 0.3 is 0 Å². The quantitative estimate of drug-likeness (QED) is 0.227. The molecule has 1 aromatic heterocycles. The lowest BCUT2D eigenvalue weighted by Gasteiger charge is -2.06. The molecule has 0 fully saturated rings. The van der Waals surface area contributed by atoms with E-state index in [-0.39, 0.29) is 28.9 Å². The second kappa shape index (κ2) is 6.92. The van der Waals surface area contributed by atoms with Crippen LogP contribution in [0.2, 0.25) is 0 Å². The van der Waals surface area contributed by atoms with Gasteiger partial charge in [-0.05, 0) is 12.1 Å². The Morgan fingerprint density at radius 2 is 1.81 bits per heavy atom. The molecule has 0 aliphatic heterocycles. The van der Waals surface area contributed by atoms with Gasteiger partial charge in [0.1, 0.15) is 5.69 Å². The fourth-order valence-electron chi connectivity index (χ4n) is 2.53. The molecular formula is C16H14N8O3. The smallest absolute Gasteiger partial charge is 0.295 e. The highest BCUT2D eigenvalue weighted by Gasteiger charge is 2.17. The largest absolute Gasteiger partial charge is 0.370 e. The second-order valence-corrected chi connectivity index (χ2v) is 5.41. The Hall–Kier alpha value is -4.28. The molecule has 27 heavy (non-hydrogen) atoms. The number of guanidine groups is 2. The van der Waals surface area contributed by atoms with Crippen molar-refractivity contribution in [1.29, 1.82) is 0 Å². The van der Waals surface area contributed by atoms with Crippen LogP contribution in [0.1, 0.15) is 0 Å². The second-order valence-electron chi connectivity index (χ2n) is 5.41. The summed E-state index contributed by atoms with van der Waals surface area (Å²) in [5, 5.41) is 18.9. The number of aromatic nitrogens is 2. The molecule has 0 saturated carbocycles. The van der Waals surface area contributed by atoms with E-state index >= 15 is 0 Å². The predicted octanol–water partition coefficient (Wildman–Crippen LogP) is 0.718. The first kappa shape index (κ1) is 17.5. The van der Waals surface area contributed by atoms with Crippen molar-refractivity contribution in [2.24, 2.45) is 27.2 Å². The van der Waals surface area contributed by atoms with Gasteiger partial charge in [-0.2, -0.15) is 10.1 Å². The number of nitrogens with two attached hydrogens (primary N) is 3. The maximum Gasteiger partial charge on any atom is 0.295 e. The van der Waals surface area contributed by atoms with E-state index < -0.39 is 4.92 Å². The van der Waals surface area contributed by atoms with Crippen molar-refractivity contribution >= 4 is 34.1 Å². The SMILES string of the molecule is NC(N)=NC(N)=Nc1ccc(-c2n[nH]c(=O)c3ccccc23)cc1[N+](=O)[O-]. The van der Waals surface area contributed by atoms with Crippen molar-refractivity contribution in [1.82, 2.24) is 10.2 Å². The number of fused-ring (bicyclic) bond motifs is 1. The first-order valence-electron chi connectivity index (χ1n) is 7.57. The van der Waals surface area contributed by atoms with Crippen LogP contribution in [0.3, 0.4) is 0 Å². The highest BCUT2D eigenvalue weighted by Crippen LogP contribution is 2.33. The molecule has 2 aromatic carbocycles. The summed E-state index contributed by atoms with van der Waals surface area (Å²) in [6.45, 7) is 0. The lowest BCUT2D eigenvalue weighted by Crippen LogP contribution is -2.26. The maximum absolute atomic E-state index is 11.9. The van der Waals surface area contributed by atoms with E-state index in [1.807, 2.05) is 0 Å². The third kappa shape index (κ3) is 3.56. The van der Waals surface area contributed by atoms with Gasteiger partial charge in [0.2, 0.25) is 5.96 Å². The first-order chi connectivity index (χ1) is 12.9. The third-order valence-corrected chi connectivity index (χ3v) is 3.62. The fraction of sp³-hybridized carbons (Fsp3) is 0. The zero-order chi connectivity index (χ0) is 19.6. The first-order valence-corrected chi connectivity index (χ1v) is 7.57. The van der Waals surface area contributed by atoms with Crippen molar-refractivity contribution in [3.8, 4) is 11.3 Å². The van der Waals surface area contributed by atoms with Gasteiger partial charge in [0.05, 0.1) is 16.0 Å². The summed E-state index contributed by atoms with van der Waals surface area (Å²) < 4.78 is 0. The number of rotatable bonds is 3. The van der Waals surface area contributed by atoms with E-state index in [1.165, 1.54) is 12.1 Å². The number of aliphatic imine (C=N–C) groups is 2. The number of aromatic amines is 1. The average molecular weight is 366 g/mol. The molecule has 1 heterocycles. The maximum atomic E-state index is 11.9. The number of hydrogen-bond acceptors (Lipinski definition) is 5. The van der Waals surface area contributed by atoms with Crippen molar-refractivity contribution in [2.45, 2.75) is 0 Å². The molecular weight excluding hydrogens is 352 g/mol. The van der Waals surface area contributed by atoms with Gasteiger partial charge in [0.25, 0.3) is 11.2 Å². The molecule has 0 amide bonds. The minimum absolute atomic E-state index is 0.0278. The van der Waals surface area contributed by atoms with E-state index in [0.29, 0.717) is 22.0 Å². The topological polar surface area (TPSA) is 192 Å².